The van der Waals surface area contributed by atoms with Crippen molar-refractivity contribution in [1.82, 2.24) is 4.98 Å². The quantitative estimate of drug-likeness (QED) is 0.752. The summed E-state index contributed by atoms with van der Waals surface area (Å²) in [5, 5.41) is 0. The minimum absolute atomic E-state index is 0.00880. The molecule has 1 aromatic rings. The molecule has 0 N–H and O–H groups in total. The SMILES string of the molecule is CC(C)c1ccc(CCC(F)(F)F)cn1. The van der Waals surface area contributed by atoms with Crippen LogP contribution in [-0.2, 0) is 6.42 Å². The molecule has 84 valence electrons. The Balaban J connectivity index is 2.57. The summed E-state index contributed by atoms with van der Waals surface area (Å²) in [7, 11) is 0. The van der Waals surface area contributed by atoms with Crippen molar-refractivity contribution >= 4 is 0 Å². The van der Waals surface area contributed by atoms with Crippen LogP contribution < -0.4 is 0 Å². The fraction of sp³-hybridized carbons (Fsp3) is 0.545. The van der Waals surface area contributed by atoms with Gasteiger partial charge in [0.05, 0.1) is 0 Å². The van der Waals surface area contributed by atoms with Crippen LogP contribution in [0.1, 0.15) is 37.4 Å². The number of aromatic nitrogens is 1. The predicted molar refractivity (Wildman–Crippen MR) is 52.7 cm³/mol. The maximum Gasteiger partial charge on any atom is 0.389 e. The highest BCUT2D eigenvalue weighted by atomic mass is 19.4. The standard InChI is InChI=1S/C11H14F3N/c1-8(2)10-4-3-9(7-15-10)5-6-11(12,13)14/h3-4,7-8H,5-6H2,1-2H3. The van der Waals surface area contributed by atoms with E-state index < -0.39 is 12.6 Å². The van der Waals surface area contributed by atoms with Gasteiger partial charge in [0, 0.05) is 18.3 Å². The highest BCUT2D eigenvalue weighted by molar-refractivity contribution is 5.16. The van der Waals surface area contributed by atoms with Gasteiger partial charge in [0.2, 0.25) is 0 Å². The molecule has 0 aliphatic heterocycles. The largest absolute Gasteiger partial charge is 0.389 e. The van der Waals surface area contributed by atoms with Crippen LogP contribution in [-0.4, -0.2) is 11.2 Å². The number of rotatable bonds is 3. The molecule has 0 saturated heterocycles. The van der Waals surface area contributed by atoms with Crippen LogP contribution in [0.4, 0.5) is 13.2 Å². The van der Waals surface area contributed by atoms with E-state index in [0.717, 1.165) is 5.69 Å². The van der Waals surface area contributed by atoms with Gasteiger partial charge >= 0.3 is 6.18 Å². The minimum Gasteiger partial charge on any atom is -0.261 e. The molecule has 1 rings (SSSR count). The van der Waals surface area contributed by atoms with Gasteiger partial charge in [-0.2, -0.15) is 13.2 Å². The summed E-state index contributed by atoms with van der Waals surface area (Å²) in [5.41, 5.74) is 1.54. The van der Waals surface area contributed by atoms with E-state index in [2.05, 4.69) is 4.98 Å². The maximum absolute atomic E-state index is 11.9. The van der Waals surface area contributed by atoms with Crippen molar-refractivity contribution in [1.29, 1.82) is 0 Å². The van der Waals surface area contributed by atoms with Crippen molar-refractivity contribution in [3.05, 3.63) is 29.6 Å². The van der Waals surface area contributed by atoms with Gasteiger partial charge in [0.15, 0.2) is 0 Å². The molecule has 0 spiro atoms. The Labute approximate surface area is 87.3 Å². The predicted octanol–water partition coefficient (Wildman–Crippen LogP) is 3.70. The Morgan fingerprint density at radius 3 is 2.33 bits per heavy atom. The number of hydrogen-bond donors (Lipinski definition) is 0. The molecule has 4 heteroatoms. The van der Waals surface area contributed by atoms with E-state index in [1.165, 1.54) is 6.20 Å². The lowest BCUT2D eigenvalue weighted by molar-refractivity contribution is -0.134. The van der Waals surface area contributed by atoms with E-state index in [-0.39, 0.29) is 6.42 Å². The van der Waals surface area contributed by atoms with Crippen molar-refractivity contribution in [2.45, 2.75) is 38.8 Å². The third kappa shape index (κ3) is 4.32. The summed E-state index contributed by atoms with van der Waals surface area (Å²) < 4.78 is 35.8. The monoisotopic (exact) mass is 217 g/mol. The zero-order valence-electron chi connectivity index (χ0n) is 8.80. The third-order valence-electron chi connectivity index (χ3n) is 2.14. The van der Waals surface area contributed by atoms with Crippen molar-refractivity contribution in [2.75, 3.05) is 0 Å². The lowest BCUT2D eigenvalue weighted by Gasteiger charge is -2.07. The van der Waals surface area contributed by atoms with Gasteiger partial charge in [-0.1, -0.05) is 19.9 Å². The Morgan fingerprint density at radius 1 is 1.27 bits per heavy atom. The zero-order chi connectivity index (χ0) is 11.5. The summed E-state index contributed by atoms with van der Waals surface area (Å²) in [5.74, 6) is 0.307. The van der Waals surface area contributed by atoms with Crippen LogP contribution in [0.15, 0.2) is 18.3 Å². The van der Waals surface area contributed by atoms with Crippen LogP contribution in [0.25, 0.3) is 0 Å². The molecular weight excluding hydrogens is 203 g/mol. The van der Waals surface area contributed by atoms with Gasteiger partial charge in [-0.05, 0) is 24.0 Å². The summed E-state index contributed by atoms with van der Waals surface area (Å²) in [6.07, 6.45) is -3.33. The number of halogens is 3. The van der Waals surface area contributed by atoms with E-state index in [0.29, 0.717) is 11.5 Å². The molecular formula is C11H14F3N. The highest BCUT2D eigenvalue weighted by Gasteiger charge is 2.26. The molecule has 0 unspecified atom stereocenters. The lowest BCUT2D eigenvalue weighted by Crippen LogP contribution is -2.08. The number of hydrogen-bond acceptors (Lipinski definition) is 1. The first-order chi connectivity index (χ1) is 6.88. The number of alkyl halides is 3. The zero-order valence-corrected chi connectivity index (χ0v) is 8.80. The van der Waals surface area contributed by atoms with Crippen molar-refractivity contribution in [2.24, 2.45) is 0 Å². The summed E-state index contributed by atoms with van der Waals surface area (Å²) in [6.45, 7) is 4.00. The summed E-state index contributed by atoms with van der Waals surface area (Å²) >= 11 is 0. The normalized spacial score (nSPS) is 12.1. The molecule has 15 heavy (non-hydrogen) atoms. The smallest absolute Gasteiger partial charge is 0.261 e. The van der Waals surface area contributed by atoms with Gasteiger partial charge in [0.25, 0.3) is 0 Å². The second kappa shape index (κ2) is 4.64. The van der Waals surface area contributed by atoms with E-state index in [1.54, 1.807) is 12.1 Å². The highest BCUT2D eigenvalue weighted by Crippen LogP contribution is 2.22. The number of aryl methyl sites for hydroxylation is 1. The molecule has 0 atom stereocenters. The molecule has 0 aliphatic carbocycles. The maximum atomic E-state index is 11.9. The van der Waals surface area contributed by atoms with Crippen LogP contribution in [0.5, 0.6) is 0 Å². The average molecular weight is 217 g/mol. The molecule has 0 amide bonds. The Kier molecular flexibility index (Phi) is 3.72. The van der Waals surface area contributed by atoms with Gasteiger partial charge < -0.3 is 0 Å². The van der Waals surface area contributed by atoms with Crippen LogP contribution in [0.2, 0.25) is 0 Å². The molecule has 0 fully saturated rings. The topological polar surface area (TPSA) is 12.9 Å². The molecule has 0 bridgehead atoms. The number of pyridine rings is 1. The fourth-order valence-corrected chi connectivity index (χ4v) is 1.21. The average Bonchev–Trinajstić information content (AvgIpc) is 2.14. The molecule has 0 radical (unpaired) electrons. The van der Waals surface area contributed by atoms with E-state index >= 15 is 0 Å². The van der Waals surface area contributed by atoms with E-state index in [4.69, 9.17) is 0 Å². The van der Waals surface area contributed by atoms with Gasteiger partial charge in [0.1, 0.15) is 0 Å². The lowest BCUT2D eigenvalue weighted by atomic mass is 10.1. The Bertz CT molecular complexity index is 301. The fourth-order valence-electron chi connectivity index (χ4n) is 1.21. The van der Waals surface area contributed by atoms with Crippen molar-refractivity contribution < 1.29 is 13.2 Å². The second-order valence-corrected chi connectivity index (χ2v) is 3.86. The molecule has 0 aliphatic rings. The van der Waals surface area contributed by atoms with Crippen LogP contribution in [0.3, 0.4) is 0 Å². The van der Waals surface area contributed by atoms with Crippen molar-refractivity contribution in [3.63, 3.8) is 0 Å². The second-order valence-electron chi connectivity index (χ2n) is 3.86. The first-order valence-electron chi connectivity index (χ1n) is 4.90. The Morgan fingerprint density at radius 2 is 1.93 bits per heavy atom. The molecule has 1 heterocycles. The van der Waals surface area contributed by atoms with Gasteiger partial charge in [-0.3, -0.25) is 4.98 Å². The molecule has 0 saturated carbocycles. The Hall–Kier alpha value is -1.06. The van der Waals surface area contributed by atoms with Crippen LogP contribution >= 0.6 is 0 Å². The summed E-state index contributed by atoms with van der Waals surface area (Å²) in [4.78, 5) is 4.11. The van der Waals surface area contributed by atoms with Crippen molar-refractivity contribution in [3.8, 4) is 0 Å². The summed E-state index contributed by atoms with van der Waals surface area (Å²) in [6, 6.07) is 3.50. The van der Waals surface area contributed by atoms with Crippen LogP contribution in [0, 0.1) is 0 Å². The number of nitrogens with zero attached hydrogens (tertiary/aromatic N) is 1. The van der Waals surface area contributed by atoms with E-state index in [1.807, 2.05) is 13.8 Å². The first-order valence-corrected chi connectivity index (χ1v) is 4.90. The third-order valence-corrected chi connectivity index (χ3v) is 2.14. The molecule has 0 aromatic carbocycles. The first kappa shape index (κ1) is 12.0. The molecule has 1 aromatic heterocycles. The minimum atomic E-state index is -4.09. The van der Waals surface area contributed by atoms with E-state index in [9.17, 15) is 13.2 Å². The van der Waals surface area contributed by atoms with Gasteiger partial charge in [-0.25, -0.2) is 0 Å². The van der Waals surface area contributed by atoms with Gasteiger partial charge in [-0.15, -0.1) is 0 Å². The molecule has 1 nitrogen and oxygen atoms in total.